The number of hydrogen-bond donors (Lipinski definition) is 1. The number of nitrogens with zero attached hydrogens (tertiary/aromatic N) is 3. The number of nitriles is 1. The number of fused-ring (bicyclic) bond motifs is 1. The van der Waals surface area contributed by atoms with Gasteiger partial charge in [0.2, 0.25) is 0 Å². The second kappa shape index (κ2) is 12.4. The maximum Gasteiger partial charge on any atom is 0.268 e. The summed E-state index contributed by atoms with van der Waals surface area (Å²) in [6, 6.07) is 26.6. The molecule has 1 N–H and O–H groups in total. The largest absolute Gasteiger partial charge is 0.508 e. The van der Waals surface area contributed by atoms with Gasteiger partial charge in [0.15, 0.2) is 11.5 Å². The summed E-state index contributed by atoms with van der Waals surface area (Å²) in [7, 11) is -4.56. The molecule has 0 saturated heterocycles. The van der Waals surface area contributed by atoms with Crippen LogP contribution >= 0.6 is 11.6 Å². The van der Waals surface area contributed by atoms with Crippen LogP contribution < -0.4 is 0 Å². The first kappa shape index (κ1) is 32.1. The van der Waals surface area contributed by atoms with Gasteiger partial charge in [0, 0.05) is 49.4 Å². The van der Waals surface area contributed by atoms with Crippen LogP contribution in [0.25, 0.3) is 49.3 Å². The minimum atomic E-state index is -4.56. The average Bonchev–Trinajstić information content (AvgIpc) is 3.42. The Morgan fingerprint density at radius 1 is 0.938 bits per heavy atom. The molecule has 0 spiro atoms. The predicted octanol–water partition coefficient (Wildman–Crippen LogP) is 9.80. The Kier molecular flexibility index (Phi) is 8.32. The van der Waals surface area contributed by atoms with Crippen molar-refractivity contribution in [2.45, 2.75) is 18.2 Å². The lowest BCUT2D eigenvalue weighted by Gasteiger charge is -2.16. The number of carbonyl (C=O) groups excluding carboxylic acids is 1. The van der Waals surface area contributed by atoms with E-state index in [9.17, 15) is 32.4 Å². The normalized spacial score (nSPS) is 11.4. The third-order valence-electron chi connectivity index (χ3n) is 7.93. The van der Waals surface area contributed by atoms with Gasteiger partial charge in [-0.05, 0) is 61.0 Å². The van der Waals surface area contributed by atoms with Gasteiger partial charge in [0.05, 0.1) is 28.7 Å². The van der Waals surface area contributed by atoms with E-state index in [1.54, 1.807) is 42.5 Å². The molecule has 11 heteroatoms. The summed E-state index contributed by atoms with van der Waals surface area (Å²) in [5.74, 6) is -0.371. The highest BCUT2D eigenvalue weighted by molar-refractivity contribution is 7.90. The van der Waals surface area contributed by atoms with Crippen LogP contribution in [0.2, 0.25) is 5.02 Å². The first-order valence-electron chi connectivity index (χ1n) is 14.3. The predicted molar refractivity (Wildman–Crippen MR) is 180 cm³/mol. The van der Waals surface area contributed by atoms with Gasteiger partial charge in [-0.2, -0.15) is 5.26 Å². The molecule has 0 unspecified atom stereocenters. The van der Waals surface area contributed by atoms with Crippen LogP contribution in [0, 0.1) is 17.9 Å². The van der Waals surface area contributed by atoms with Crippen LogP contribution in [0.5, 0.6) is 5.75 Å². The van der Waals surface area contributed by atoms with E-state index in [4.69, 9.17) is 18.2 Å². The monoisotopic (exact) mass is 677 g/mol. The van der Waals surface area contributed by atoms with Gasteiger partial charge in [-0.1, -0.05) is 66.2 Å². The molecule has 0 bridgehead atoms. The van der Waals surface area contributed by atoms with Crippen molar-refractivity contribution in [1.82, 2.24) is 3.97 Å². The molecule has 0 aliphatic rings. The summed E-state index contributed by atoms with van der Waals surface area (Å²) in [6.07, 6.45) is -2.81. The van der Waals surface area contributed by atoms with Gasteiger partial charge >= 0.3 is 0 Å². The number of Topliss-reactive ketones (excluding diaryl/α,β-unsaturated/α-hetero) is 1. The summed E-state index contributed by atoms with van der Waals surface area (Å²) in [6.45, 7) is 9.33. The van der Waals surface area contributed by atoms with Crippen molar-refractivity contribution in [2.24, 2.45) is 0 Å². The van der Waals surface area contributed by atoms with Crippen LogP contribution in [-0.4, -0.2) is 23.3 Å². The van der Waals surface area contributed by atoms with Crippen LogP contribution in [0.15, 0.2) is 108 Å². The maximum absolute atomic E-state index is 14.6. The summed E-state index contributed by atoms with van der Waals surface area (Å²) in [4.78, 5) is 15.3. The summed E-state index contributed by atoms with van der Waals surface area (Å²) >= 11 is 6.61. The Labute approximate surface area is 279 Å². The molecular weight excluding hydrogens is 656 g/mol. The first-order chi connectivity index (χ1) is 23.0. The molecule has 6 rings (SSSR count). The summed E-state index contributed by atoms with van der Waals surface area (Å²) in [5, 5.41) is 21.3. The maximum atomic E-state index is 14.6. The summed E-state index contributed by atoms with van der Waals surface area (Å²) in [5.41, 5.74) is 2.15. The van der Waals surface area contributed by atoms with E-state index in [1.807, 2.05) is 0 Å². The lowest BCUT2D eigenvalue weighted by molar-refractivity contribution is 0.101. The number of phenols is 1. The molecule has 0 aliphatic carbocycles. The van der Waals surface area contributed by atoms with Crippen molar-refractivity contribution < 1.29 is 27.1 Å². The Bertz CT molecular complexity index is 2450. The summed E-state index contributed by atoms with van der Waals surface area (Å²) < 4.78 is 57.0. The lowest BCUT2D eigenvalue weighted by Crippen LogP contribution is -2.14. The number of ketones is 1. The second-order valence-electron chi connectivity index (χ2n) is 10.8. The van der Waals surface area contributed by atoms with Gasteiger partial charge in [0.1, 0.15) is 5.75 Å². The highest BCUT2D eigenvalue weighted by atomic mass is 35.5. The number of rotatable bonds is 7. The van der Waals surface area contributed by atoms with E-state index in [1.165, 1.54) is 43.3 Å². The zero-order valence-electron chi connectivity index (χ0n) is 24.9. The van der Waals surface area contributed by atoms with Gasteiger partial charge in [0.25, 0.3) is 16.4 Å². The molecule has 48 heavy (non-hydrogen) atoms. The van der Waals surface area contributed by atoms with Crippen molar-refractivity contribution in [2.75, 3.05) is 0 Å². The third kappa shape index (κ3) is 5.47. The number of alkyl halides is 2. The Morgan fingerprint density at radius 2 is 1.65 bits per heavy atom. The van der Waals surface area contributed by atoms with Gasteiger partial charge in [-0.3, -0.25) is 4.79 Å². The standard InChI is InChI=1S/C37H22ClF2N3O4S/c1-21(44)23-11-15-29(31(38)18-23)24-5-3-6-25(17-24)36-35(34-26(20-41)7-4-8-32(34)42-2)30-19-27(45)12-16-33(30)43(36)48(46,47)28-13-9-22(10-14-28)37(39)40/h3-19,37,45H,1H3. The van der Waals surface area contributed by atoms with E-state index >= 15 is 0 Å². The number of benzene rings is 5. The highest BCUT2D eigenvalue weighted by Gasteiger charge is 2.31. The molecule has 1 aromatic heterocycles. The van der Waals surface area contributed by atoms with E-state index in [-0.39, 0.29) is 66.0 Å². The van der Waals surface area contributed by atoms with E-state index in [0.717, 1.165) is 28.2 Å². The van der Waals surface area contributed by atoms with Crippen molar-refractivity contribution in [1.29, 1.82) is 5.26 Å². The van der Waals surface area contributed by atoms with Crippen LogP contribution in [0.3, 0.4) is 0 Å². The van der Waals surface area contributed by atoms with Gasteiger partial charge in [-0.15, -0.1) is 0 Å². The molecule has 236 valence electrons. The smallest absolute Gasteiger partial charge is 0.268 e. The van der Waals surface area contributed by atoms with Gasteiger partial charge in [-0.25, -0.2) is 26.0 Å². The van der Waals surface area contributed by atoms with Gasteiger partial charge < -0.3 is 5.11 Å². The molecule has 5 aromatic carbocycles. The van der Waals surface area contributed by atoms with E-state index < -0.39 is 16.4 Å². The number of phenolic OH excluding ortho intramolecular Hbond substituents is 1. The van der Waals surface area contributed by atoms with Crippen molar-refractivity contribution >= 4 is 44.0 Å². The number of aromatic nitrogens is 1. The Balaban J connectivity index is 1.76. The molecule has 0 fully saturated rings. The molecule has 0 atom stereocenters. The second-order valence-corrected chi connectivity index (χ2v) is 13.0. The van der Waals surface area contributed by atoms with E-state index in [2.05, 4.69) is 10.9 Å². The highest BCUT2D eigenvalue weighted by Crippen LogP contribution is 2.48. The zero-order valence-corrected chi connectivity index (χ0v) is 26.5. The molecule has 0 amide bonds. The fraction of sp³-hybridized carbons (Fsp3) is 0.0541. The lowest BCUT2D eigenvalue weighted by atomic mass is 9.92. The first-order valence-corrected chi connectivity index (χ1v) is 16.1. The van der Waals surface area contributed by atoms with Crippen LogP contribution in [0.1, 0.15) is 34.8 Å². The molecule has 6 aromatic rings. The van der Waals surface area contributed by atoms with Crippen LogP contribution in [-0.2, 0) is 10.0 Å². The minimum absolute atomic E-state index is 0.0551. The average molecular weight is 678 g/mol. The Hall–Kier alpha value is -5.81. The molecule has 0 saturated carbocycles. The number of hydrogen-bond acceptors (Lipinski definition) is 5. The molecule has 0 aliphatic heterocycles. The molecule has 0 radical (unpaired) electrons. The fourth-order valence-electron chi connectivity index (χ4n) is 5.70. The number of carbonyl (C=O) groups is 1. The number of halogens is 3. The number of aromatic hydroxyl groups is 1. The quantitative estimate of drug-likeness (QED) is 0.134. The van der Waals surface area contributed by atoms with Crippen molar-refractivity contribution in [3.05, 3.63) is 136 Å². The molecule has 1 heterocycles. The van der Waals surface area contributed by atoms with Crippen molar-refractivity contribution in [3.8, 4) is 45.3 Å². The van der Waals surface area contributed by atoms with Crippen molar-refractivity contribution in [3.63, 3.8) is 0 Å². The SMILES string of the molecule is [C-]#[N+]c1cccc(C#N)c1-c1c(-c2cccc(-c3ccc(C(C)=O)cc3Cl)c2)n(S(=O)(=O)c2ccc(C(F)F)cc2)c2ccc(O)cc12. The minimum Gasteiger partial charge on any atom is -0.508 e. The Morgan fingerprint density at radius 3 is 2.29 bits per heavy atom. The van der Waals surface area contributed by atoms with Crippen LogP contribution in [0.4, 0.5) is 14.5 Å². The van der Waals surface area contributed by atoms with E-state index in [0.29, 0.717) is 22.3 Å². The fourth-order valence-corrected chi connectivity index (χ4v) is 7.53. The molecular formula is C37H22ClF2N3O4S. The third-order valence-corrected chi connectivity index (χ3v) is 9.98. The topological polar surface area (TPSA) is 105 Å². The molecule has 7 nitrogen and oxygen atoms in total. The zero-order chi connectivity index (χ0) is 34.3.